The summed E-state index contributed by atoms with van der Waals surface area (Å²) in [6.45, 7) is 0. The molecule has 0 radical (unpaired) electrons. The van der Waals surface area contributed by atoms with Crippen molar-refractivity contribution < 1.29 is 8.42 Å². The van der Waals surface area contributed by atoms with Gasteiger partial charge in [0.05, 0.1) is 18.1 Å². The van der Waals surface area contributed by atoms with E-state index in [-0.39, 0.29) is 0 Å². The Morgan fingerprint density at radius 2 is 1.50 bits per heavy atom. The molecule has 3 aromatic carbocycles. The number of anilines is 3. The van der Waals surface area contributed by atoms with Crippen molar-refractivity contribution in [3.63, 3.8) is 0 Å². The summed E-state index contributed by atoms with van der Waals surface area (Å²) in [7, 11) is -3.32. The predicted octanol–water partition coefficient (Wildman–Crippen LogP) is 5.02. The van der Waals surface area contributed by atoms with Gasteiger partial charge in [0.2, 0.25) is 10.0 Å². The van der Waals surface area contributed by atoms with Gasteiger partial charge in [0.1, 0.15) is 0 Å². The summed E-state index contributed by atoms with van der Waals surface area (Å²) in [5.74, 6) is 0. The zero-order valence-electron chi connectivity index (χ0n) is 15.3. The molecule has 140 valence electrons. The van der Waals surface area contributed by atoms with E-state index < -0.39 is 10.0 Å². The zero-order chi connectivity index (χ0) is 19.6. The van der Waals surface area contributed by atoms with Gasteiger partial charge in [-0.15, -0.1) is 0 Å². The summed E-state index contributed by atoms with van der Waals surface area (Å²) in [5, 5.41) is 5.74. The molecule has 0 aliphatic carbocycles. The lowest BCUT2D eigenvalue weighted by atomic mass is 10.1. The van der Waals surface area contributed by atoms with Crippen LogP contribution in [-0.2, 0) is 10.0 Å². The lowest BCUT2D eigenvalue weighted by Gasteiger charge is -2.10. The maximum absolute atomic E-state index is 11.5. The fraction of sp³-hybridized carbons (Fsp3) is 0.0455. The first-order valence-electron chi connectivity index (χ1n) is 8.75. The van der Waals surface area contributed by atoms with Gasteiger partial charge in [-0.05, 0) is 46.7 Å². The molecule has 4 aromatic rings. The normalized spacial score (nSPS) is 11.3. The molecule has 28 heavy (non-hydrogen) atoms. The Morgan fingerprint density at radius 3 is 2.32 bits per heavy atom. The number of hydrogen-bond acceptors (Lipinski definition) is 4. The van der Waals surface area contributed by atoms with Crippen LogP contribution in [0.25, 0.3) is 21.9 Å². The molecule has 0 spiro atoms. The molecular weight excluding hydrogens is 370 g/mol. The van der Waals surface area contributed by atoms with Crippen molar-refractivity contribution >= 4 is 37.9 Å². The molecule has 0 aliphatic heterocycles. The van der Waals surface area contributed by atoms with Crippen LogP contribution in [0, 0.1) is 0 Å². The van der Waals surface area contributed by atoms with E-state index in [1.54, 1.807) is 24.5 Å². The van der Waals surface area contributed by atoms with Crippen LogP contribution >= 0.6 is 0 Å². The van der Waals surface area contributed by atoms with Gasteiger partial charge in [-0.1, -0.05) is 42.5 Å². The fourth-order valence-corrected chi connectivity index (χ4v) is 3.63. The molecule has 0 aliphatic rings. The Hall–Kier alpha value is -3.38. The Bertz CT molecular complexity index is 1250. The third-order valence-corrected chi connectivity index (χ3v) is 4.88. The predicted molar refractivity (Wildman–Crippen MR) is 115 cm³/mol. The highest BCUT2D eigenvalue weighted by Gasteiger charge is 2.06. The quantitative estimate of drug-likeness (QED) is 0.503. The van der Waals surface area contributed by atoms with Crippen LogP contribution < -0.4 is 10.0 Å². The molecule has 0 saturated carbocycles. The van der Waals surface area contributed by atoms with Crippen LogP contribution in [0.2, 0.25) is 0 Å². The number of nitrogens with zero attached hydrogens (tertiary/aromatic N) is 1. The van der Waals surface area contributed by atoms with Crippen molar-refractivity contribution in [3.8, 4) is 11.1 Å². The summed E-state index contributed by atoms with van der Waals surface area (Å²) in [4.78, 5) is 4.32. The largest absolute Gasteiger partial charge is 0.354 e. The van der Waals surface area contributed by atoms with Gasteiger partial charge in [-0.25, -0.2) is 8.42 Å². The van der Waals surface area contributed by atoms with Crippen molar-refractivity contribution in [3.05, 3.63) is 85.2 Å². The summed E-state index contributed by atoms with van der Waals surface area (Å²) in [6.07, 6.45) is 4.65. The molecular formula is C22H19N3O2S. The van der Waals surface area contributed by atoms with Gasteiger partial charge in [0.15, 0.2) is 0 Å². The Balaban J connectivity index is 1.61. The third-order valence-electron chi connectivity index (χ3n) is 4.28. The lowest BCUT2D eigenvalue weighted by molar-refractivity contribution is 0.607. The van der Waals surface area contributed by atoms with E-state index in [0.29, 0.717) is 5.69 Å². The SMILES string of the molecule is CS(=O)(=O)Nc1cccc(-c2cncc(Nc3ccc4ccccc4c3)c2)c1. The second-order valence-electron chi connectivity index (χ2n) is 6.60. The molecule has 1 aromatic heterocycles. The van der Waals surface area contributed by atoms with Crippen LogP contribution in [0.4, 0.5) is 17.1 Å². The highest BCUT2D eigenvalue weighted by molar-refractivity contribution is 7.92. The van der Waals surface area contributed by atoms with Crippen LogP contribution in [0.3, 0.4) is 0 Å². The van der Waals surface area contributed by atoms with Crippen LogP contribution in [0.1, 0.15) is 0 Å². The van der Waals surface area contributed by atoms with Crippen molar-refractivity contribution in [2.45, 2.75) is 0 Å². The van der Waals surface area contributed by atoms with E-state index >= 15 is 0 Å². The first-order chi connectivity index (χ1) is 13.5. The van der Waals surface area contributed by atoms with Gasteiger partial charge in [-0.2, -0.15) is 0 Å². The van der Waals surface area contributed by atoms with Crippen LogP contribution in [0.15, 0.2) is 85.2 Å². The minimum absolute atomic E-state index is 0.521. The molecule has 2 N–H and O–H groups in total. The minimum atomic E-state index is -3.32. The highest BCUT2D eigenvalue weighted by Crippen LogP contribution is 2.27. The van der Waals surface area contributed by atoms with E-state index in [4.69, 9.17) is 0 Å². The summed E-state index contributed by atoms with van der Waals surface area (Å²) < 4.78 is 25.4. The van der Waals surface area contributed by atoms with Crippen molar-refractivity contribution in [2.75, 3.05) is 16.3 Å². The van der Waals surface area contributed by atoms with Gasteiger partial charge in [0, 0.05) is 23.1 Å². The second kappa shape index (κ2) is 7.32. The van der Waals surface area contributed by atoms with E-state index in [9.17, 15) is 8.42 Å². The smallest absolute Gasteiger partial charge is 0.229 e. The number of rotatable bonds is 5. The van der Waals surface area contributed by atoms with Gasteiger partial charge in [0.25, 0.3) is 0 Å². The number of hydrogen-bond donors (Lipinski definition) is 2. The molecule has 5 nitrogen and oxygen atoms in total. The Kier molecular flexibility index (Phi) is 4.71. The lowest BCUT2D eigenvalue weighted by Crippen LogP contribution is -2.09. The Labute approximate surface area is 164 Å². The molecule has 4 rings (SSSR count). The molecule has 0 atom stereocenters. The molecule has 6 heteroatoms. The number of nitrogens with one attached hydrogen (secondary N) is 2. The first-order valence-corrected chi connectivity index (χ1v) is 10.6. The van der Waals surface area contributed by atoms with E-state index in [1.807, 2.05) is 36.4 Å². The number of sulfonamides is 1. The van der Waals surface area contributed by atoms with E-state index in [1.165, 1.54) is 5.39 Å². The average molecular weight is 389 g/mol. The molecule has 0 fully saturated rings. The summed E-state index contributed by atoms with van der Waals surface area (Å²) in [5.41, 5.74) is 4.12. The van der Waals surface area contributed by atoms with E-state index in [0.717, 1.165) is 34.1 Å². The third kappa shape index (κ3) is 4.29. The second-order valence-corrected chi connectivity index (χ2v) is 8.35. The van der Waals surface area contributed by atoms with Gasteiger partial charge in [-0.3, -0.25) is 9.71 Å². The number of fused-ring (bicyclic) bond motifs is 1. The zero-order valence-corrected chi connectivity index (χ0v) is 16.1. The summed E-state index contributed by atoms with van der Waals surface area (Å²) >= 11 is 0. The fourth-order valence-electron chi connectivity index (χ4n) is 3.08. The number of aromatic nitrogens is 1. The minimum Gasteiger partial charge on any atom is -0.354 e. The standard InChI is InChI=1S/C22H19N3O2S/c1-28(26,27)25-21-8-4-7-18(12-21)19-13-22(15-23-14-19)24-20-10-9-16-5-2-3-6-17(16)11-20/h2-15,24-25H,1H3. The first kappa shape index (κ1) is 18.0. The Morgan fingerprint density at radius 1 is 0.714 bits per heavy atom. The number of pyridine rings is 1. The van der Waals surface area contributed by atoms with Crippen LogP contribution in [0.5, 0.6) is 0 Å². The van der Waals surface area contributed by atoms with E-state index in [2.05, 4.69) is 39.3 Å². The van der Waals surface area contributed by atoms with Gasteiger partial charge >= 0.3 is 0 Å². The van der Waals surface area contributed by atoms with Crippen molar-refractivity contribution in [1.29, 1.82) is 0 Å². The van der Waals surface area contributed by atoms with Gasteiger partial charge < -0.3 is 5.32 Å². The topological polar surface area (TPSA) is 71.1 Å². The highest BCUT2D eigenvalue weighted by atomic mass is 32.2. The number of benzene rings is 3. The maximum Gasteiger partial charge on any atom is 0.229 e. The average Bonchev–Trinajstić information content (AvgIpc) is 2.67. The molecule has 0 bridgehead atoms. The van der Waals surface area contributed by atoms with Crippen molar-refractivity contribution in [2.24, 2.45) is 0 Å². The molecule has 0 amide bonds. The summed E-state index contributed by atoms with van der Waals surface area (Å²) in [6, 6.07) is 23.6. The van der Waals surface area contributed by atoms with Crippen molar-refractivity contribution in [1.82, 2.24) is 4.98 Å². The molecule has 0 unspecified atom stereocenters. The molecule has 0 saturated heterocycles. The monoisotopic (exact) mass is 389 g/mol. The van der Waals surface area contributed by atoms with Crippen LogP contribution in [-0.4, -0.2) is 19.7 Å². The molecule has 1 heterocycles. The maximum atomic E-state index is 11.5.